The highest BCUT2D eigenvalue weighted by Gasteiger charge is 2.22. The summed E-state index contributed by atoms with van der Waals surface area (Å²) in [5, 5.41) is 5.71. The van der Waals surface area contributed by atoms with Gasteiger partial charge in [-0.2, -0.15) is 0 Å². The van der Waals surface area contributed by atoms with Gasteiger partial charge in [-0.1, -0.05) is 23.9 Å². The van der Waals surface area contributed by atoms with E-state index in [9.17, 15) is 14.4 Å². The minimum Gasteiger partial charge on any atom is -0.497 e. The van der Waals surface area contributed by atoms with Crippen LogP contribution in [-0.2, 0) is 9.59 Å². The molecule has 1 heterocycles. The quantitative estimate of drug-likeness (QED) is 0.261. The third kappa shape index (κ3) is 5.75. The lowest BCUT2D eigenvalue weighted by atomic mass is 10.2. The Labute approximate surface area is 217 Å². The van der Waals surface area contributed by atoms with Crippen LogP contribution in [-0.4, -0.2) is 40.8 Å². The molecule has 9 nitrogen and oxygen atoms in total. The van der Waals surface area contributed by atoms with Gasteiger partial charge in [-0.15, -0.1) is 0 Å². The topological polar surface area (TPSA) is 112 Å². The zero-order valence-corrected chi connectivity index (χ0v) is 21.6. The SMILES string of the molecule is COc1ccc(OC)c(-n2c(SC(C)C(=O)Nc3ccc(NC(C)=O)cc3)nc3ccccc3c2=O)c1. The molecule has 0 spiro atoms. The highest BCUT2D eigenvalue weighted by Crippen LogP contribution is 2.32. The lowest BCUT2D eigenvalue weighted by molar-refractivity contribution is -0.115. The molecule has 0 saturated carbocycles. The molecule has 4 aromatic rings. The van der Waals surface area contributed by atoms with Crippen molar-refractivity contribution < 1.29 is 19.1 Å². The molecule has 0 bridgehead atoms. The van der Waals surface area contributed by atoms with Crippen LogP contribution in [0.2, 0.25) is 0 Å². The number of amides is 2. The third-order valence-electron chi connectivity index (χ3n) is 5.50. The number of thioether (sulfide) groups is 1. The number of hydrogen-bond acceptors (Lipinski definition) is 7. The molecule has 190 valence electrons. The van der Waals surface area contributed by atoms with E-state index in [1.54, 1.807) is 73.7 Å². The van der Waals surface area contributed by atoms with E-state index in [2.05, 4.69) is 10.6 Å². The van der Waals surface area contributed by atoms with Gasteiger partial charge < -0.3 is 20.1 Å². The van der Waals surface area contributed by atoms with Crippen LogP contribution in [0.5, 0.6) is 11.5 Å². The fourth-order valence-electron chi connectivity index (χ4n) is 3.67. The first-order valence-electron chi connectivity index (χ1n) is 11.4. The predicted octanol–water partition coefficient (Wildman–Crippen LogP) is 4.48. The summed E-state index contributed by atoms with van der Waals surface area (Å²) in [6.45, 7) is 3.16. The van der Waals surface area contributed by atoms with Crippen molar-refractivity contribution in [2.45, 2.75) is 24.3 Å². The molecule has 10 heteroatoms. The van der Waals surface area contributed by atoms with Gasteiger partial charge in [-0.3, -0.25) is 19.0 Å². The highest BCUT2D eigenvalue weighted by atomic mass is 32.2. The molecule has 0 saturated heterocycles. The monoisotopic (exact) mass is 518 g/mol. The first kappa shape index (κ1) is 25.8. The second-order valence-electron chi connectivity index (χ2n) is 8.10. The van der Waals surface area contributed by atoms with E-state index >= 15 is 0 Å². The Balaban J connectivity index is 1.69. The number of rotatable bonds is 8. The van der Waals surface area contributed by atoms with Gasteiger partial charge >= 0.3 is 0 Å². The molecule has 0 aliphatic rings. The maximum atomic E-state index is 13.7. The van der Waals surface area contributed by atoms with Crippen molar-refractivity contribution in [1.29, 1.82) is 0 Å². The van der Waals surface area contributed by atoms with Crippen molar-refractivity contribution in [2.75, 3.05) is 24.9 Å². The van der Waals surface area contributed by atoms with Crippen LogP contribution >= 0.6 is 11.8 Å². The molecular weight excluding hydrogens is 492 g/mol. The molecule has 1 unspecified atom stereocenters. The van der Waals surface area contributed by atoms with Gasteiger partial charge in [0.1, 0.15) is 11.5 Å². The Hall–Kier alpha value is -4.31. The summed E-state index contributed by atoms with van der Waals surface area (Å²) in [4.78, 5) is 42.6. The lowest BCUT2D eigenvalue weighted by Gasteiger charge is -2.18. The van der Waals surface area contributed by atoms with Crippen LogP contribution < -0.4 is 25.7 Å². The Morgan fingerprint density at radius 2 is 1.62 bits per heavy atom. The standard InChI is InChI=1S/C27H26N4O5S/c1-16(25(33)29-19-11-9-18(10-12-19)28-17(2)32)37-27-30-22-8-6-5-7-21(22)26(34)31(27)23-15-20(35-3)13-14-24(23)36-4/h5-16H,1-4H3,(H,28,32)(H,29,33). The predicted molar refractivity (Wildman–Crippen MR) is 145 cm³/mol. The summed E-state index contributed by atoms with van der Waals surface area (Å²) in [5.74, 6) is 0.547. The number of nitrogens with zero attached hydrogens (tertiary/aromatic N) is 2. The van der Waals surface area contributed by atoms with Gasteiger partial charge in [0.2, 0.25) is 11.8 Å². The minimum atomic E-state index is -0.606. The minimum absolute atomic E-state index is 0.177. The van der Waals surface area contributed by atoms with Gasteiger partial charge in [0.05, 0.1) is 36.1 Å². The van der Waals surface area contributed by atoms with Gasteiger partial charge in [0.15, 0.2) is 5.16 Å². The van der Waals surface area contributed by atoms with Gasteiger partial charge in [0, 0.05) is 24.4 Å². The van der Waals surface area contributed by atoms with Crippen molar-refractivity contribution >= 4 is 45.9 Å². The third-order valence-corrected chi connectivity index (χ3v) is 6.55. The Morgan fingerprint density at radius 1 is 0.946 bits per heavy atom. The second-order valence-corrected chi connectivity index (χ2v) is 9.41. The van der Waals surface area contributed by atoms with Gasteiger partial charge in [0.25, 0.3) is 5.56 Å². The largest absolute Gasteiger partial charge is 0.497 e. The van der Waals surface area contributed by atoms with Crippen LogP contribution in [0.3, 0.4) is 0 Å². The van der Waals surface area contributed by atoms with E-state index in [1.165, 1.54) is 25.7 Å². The van der Waals surface area contributed by atoms with Gasteiger partial charge in [-0.25, -0.2) is 4.98 Å². The second kappa shape index (κ2) is 11.2. The number of para-hydroxylation sites is 1. The van der Waals surface area contributed by atoms with Crippen LogP contribution in [0, 0.1) is 0 Å². The number of benzene rings is 3. The Morgan fingerprint density at radius 3 is 2.27 bits per heavy atom. The van der Waals surface area contributed by atoms with Crippen LogP contribution in [0.4, 0.5) is 11.4 Å². The number of anilines is 2. The molecule has 2 amide bonds. The number of ether oxygens (including phenoxy) is 2. The summed E-state index contributed by atoms with van der Waals surface area (Å²) in [6, 6.07) is 19.0. The Kier molecular flexibility index (Phi) is 7.78. The summed E-state index contributed by atoms with van der Waals surface area (Å²) in [5.41, 5.74) is 1.89. The van der Waals surface area contributed by atoms with Crippen LogP contribution in [0.15, 0.2) is 76.7 Å². The van der Waals surface area contributed by atoms with E-state index in [0.29, 0.717) is 44.6 Å². The molecule has 0 aliphatic heterocycles. The summed E-state index contributed by atoms with van der Waals surface area (Å²) < 4.78 is 12.3. The normalized spacial score (nSPS) is 11.6. The number of nitrogens with one attached hydrogen (secondary N) is 2. The fraction of sp³-hybridized carbons (Fsp3) is 0.185. The molecular formula is C27H26N4O5S. The first-order chi connectivity index (χ1) is 17.8. The summed E-state index contributed by atoms with van der Waals surface area (Å²) in [6.07, 6.45) is 0. The highest BCUT2D eigenvalue weighted by molar-refractivity contribution is 8.00. The van der Waals surface area contributed by atoms with Gasteiger partial charge in [-0.05, 0) is 55.5 Å². The van der Waals surface area contributed by atoms with E-state index in [1.807, 2.05) is 0 Å². The van der Waals surface area contributed by atoms with Crippen molar-refractivity contribution in [2.24, 2.45) is 0 Å². The Bertz CT molecular complexity index is 1520. The molecule has 4 rings (SSSR count). The van der Waals surface area contributed by atoms with Crippen molar-refractivity contribution in [3.63, 3.8) is 0 Å². The van der Waals surface area contributed by atoms with E-state index in [4.69, 9.17) is 14.5 Å². The average Bonchev–Trinajstić information content (AvgIpc) is 2.89. The molecule has 2 N–H and O–H groups in total. The maximum absolute atomic E-state index is 13.7. The molecule has 1 aromatic heterocycles. The molecule has 0 fully saturated rings. The smallest absolute Gasteiger partial charge is 0.266 e. The molecule has 0 aliphatic carbocycles. The molecule has 1 atom stereocenters. The number of aromatic nitrogens is 2. The number of methoxy groups -OCH3 is 2. The fourth-order valence-corrected chi connectivity index (χ4v) is 4.59. The van der Waals surface area contributed by atoms with Crippen molar-refractivity contribution in [3.8, 4) is 17.2 Å². The van der Waals surface area contributed by atoms with Crippen LogP contribution in [0.25, 0.3) is 16.6 Å². The zero-order chi connectivity index (χ0) is 26.5. The van der Waals surface area contributed by atoms with E-state index in [-0.39, 0.29) is 17.4 Å². The van der Waals surface area contributed by atoms with Crippen molar-refractivity contribution in [3.05, 3.63) is 77.1 Å². The van der Waals surface area contributed by atoms with E-state index in [0.717, 1.165) is 11.8 Å². The molecule has 0 radical (unpaired) electrons. The zero-order valence-electron chi connectivity index (χ0n) is 20.8. The average molecular weight is 519 g/mol. The molecule has 3 aromatic carbocycles. The van der Waals surface area contributed by atoms with E-state index < -0.39 is 5.25 Å². The van der Waals surface area contributed by atoms with Crippen molar-refractivity contribution in [1.82, 2.24) is 9.55 Å². The number of fused-ring (bicyclic) bond motifs is 1. The number of carbonyl (C=O) groups excluding carboxylic acids is 2. The maximum Gasteiger partial charge on any atom is 0.266 e. The molecule has 37 heavy (non-hydrogen) atoms. The number of carbonyl (C=O) groups is 2. The summed E-state index contributed by atoms with van der Waals surface area (Å²) in [7, 11) is 3.06. The number of hydrogen-bond donors (Lipinski definition) is 2. The van der Waals surface area contributed by atoms with Crippen LogP contribution in [0.1, 0.15) is 13.8 Å². The lowest BCUT2D eigenvalue weighted by Crippen LogP contribution is -2.26. The first-order valence-corrected chi connectivity index (χ1v) is 12.3. The summed E-state index contributed by atoms with van der Waals surface area (Å²) >= 11 is 1.15.